The van der Waals surface area contributed by atoms with E-state index in [0.29, 0.717) is 36.8 Å². The molecule has 1 aliphatic rings. The lowest BCUT2D eigenvalue weighted by Crippen LogP contribution is -2.36. The Morgan fingerprint density at radius 2 is 2.09 bits per heavy atom. The minimum absolute atomic E-state index is 0.198. The van der Waals surface area contributed by atoms with Crippen molar-refractivity contribution in [3.05, 3.63) is 23.8 Å². The first kappa shape index (κ1) is 16.1. The van der Waals surface area contributed by atoms with Gasteiger partial charge in [0, 0.05) is 25.6 Å². The van der Waals surface area contributed by atoms with Gasteiger partial charge in [-0.05, 0) is 18.2 Å². The van der Waals surface area contributed by atoms with Gasteiger partial charge in [-0.25, -0.2) is 0 Å². The average Bonchev–Trinajstić information content (AvgIpc) is 3.04. The Hall–Kier alpha value is -2.28. The van der Waals surface area contributed by atoms with Crippen LogP contribution in [0.5, 0.6) is 11.5 Å². The molecule has 120 valence electrons. The van der Waals surface area contributed by atoms with Crippen LogP contribution < -0.4 is 14.8 Å². The quantitative estimate of drug-likeness (QED) is 0.759. The van der Waals surface area contributed by atoms with Crippen LogP contribution in [0.15, 0.2) is 23.4 Å². The first-order valence-corrected chi connectivity index (χ1v) is 6.91. The number of ether oxygens (including phenoxy) is 3. The van der Waals surface area contributed by atoms with Gasteiger partial charge in [0.2, 0.25) is 6.10 Å². The monoisotopic (exact) mass is 308 g/mol. The number of nitrogens with zero attached hydrogens (tertiary/aromatic N) is 1. The number of nitrogens with one attached hydrogen (secondary N) is 1. The lowest BCUT2D eigenvalue weighted by atomic mass is 10.0. The zero-order valence-corrected chi connectivity index (χ0v) is 12.9. The molecule has 1 atom stereocenters. The molecule has 22 heavy (non-hydrogen) atoms. The lowest BCUT2D eigenvalue weighted by molar-refractivity contribution is -0.131. The average molecular weight is 308 g/mol. The molecule has 1 amide bonds. The van der Waals surface area contributed by atoms with E-state index in [0.717, 1.165) is 5.56 Å². The van der Waals surface area contributed by atoms with Crippen LogP contribution in [0.2, 0.25) is 0 Å². The number of hydrogen-bond donors (Lipinski definition) is 1. The molecule has 1 aliphatic heterocycles. The Balaban J connectivity index is 1.99. The van der Waals surface area contributed by atoms with Crippen LogP contribution in [0.1, 0.15) is 12.0 Å². The van der Waals surface area contributed by atoms with Crippen molar-refractivity contribution in [3.8, 4) is 11.5 Å². The van der Waals surface area contributed by atoms with E-state index < -0.39 is 6.10 Å². The smallest absolute Gasteiger partial charge is 0.264 e. The van der Waals surface area contributed by atoms with Crippen molar-refractivity contribution in [2.75, 3.05) is 34.5 Å². The molecular weight excluding hydrogens is 288 g/mol. The fraction of sp³-hybridized carbons (Fsp3) is 0.467. The summed E-state index contributed by atoms with van der Waals surface area (Å²) in [5.74, 6) is 1.05. The van der Waals surface area contributed by atoms with Crippen molar-refractivity contribution in [1.82, 2.24) is 5.32 Å². The summed E-state index contributed by atoms with van der Waals surface area (Å²) in [5.41, 5.74) is 1.54. The van der Waals surface area contributed by atoms with Gasteiger partial charge in [0.05, 0.1) is 26.5 Å². The maximum absolute atomic E-state index is 11.9. The minimum Gasteiger partial charge on any atom is -0.493 e. The fourth-order valence-electron chi connectivity index (χ4n) is 2.09. The highest BCUT2D eigenvalue weighted by Crippen LogP contribution is 2.29. The summed E-state index contributed by atoms with van der Waals surface area (Å²) in [7, 11) is 4.73. The predicted molar refractivity (Wildman–Crippen MR) is 80.5 cm³/mol. The number of oxime groups is 1. The topological polar surface area (TPSA) is 78.4 Å². The number of rotatable bonds is 7. The van der Waals surface area contributed by atoms with Crippen LogP contribution >= 0.6 is 0 Å². The van der Waals surface area contributed by atoms with E-state index in [9.17, 15) is 4.79 Å². The minimum atomic E-state index is -0.611. The molecule has 0 bridgehead atoms. The number of benzene rings is 1. The van der Waals surface area contributed by atoms with Crippen molar-refractivity contribution >= 4 is 11.6 Å². The van der Waals surface area contributed by atoms with Crippen molar-refractivity contribution in [2.24, 2.45) is 5.16 Å². The van der Waals surface area contributed by atoms with Crippen molar-refractivity contribution in [2.45, 2.75) is 12.5 Å². The molecule has 1 aromatic rings. The van der Waals surface area contributed by atoms with E-state index in [1.54, 1.807) is 27.4 Å². The molecule has 1 heterocycles. The highest BCUT2D eigenvalue weighted by atomic mass is 16.6. The number of hydrogen-bond acceptors (Lipinski definition) is 6. The second kappa shape index (κ2) is 7.65. The fourth-order valence-corrected chi connectivity index (χ4v) is 2.09. The summed E-state index contributed by atoms with van der Waals surface area (Å²) in [6.45, 7) is 0.905. The highest BCUT2D eigenvalue weighted by molar-refractivity contribution is 6.04. The summed E-state index contributed by atoms with van der Waals surface area (Å²) < 4.78 is 15.3. The molecule has 7 heteroatoms. The second-order valence-corrected chi connectivity index (χ2v) is 4.69. The third-order valence-corrected chi connectivity index (χ3v) is 3.28. The Morgan fingerprint density at radius 3 is 2.77 bits per heavy atom. The zero-order valence-electron chi connectivity index (χ0n) is 12.9. The molecule has 0 unspecified atom stereocenters. The highest BCUT2D eigenvalue weighted by Gasteiger charge is 2.29. The molecule has 0 radical (unpaired) electrons. The molecule has 7 nitrogen and oxygen atoms in total. The van der Waals surface area contributed by atoms with Gasteiger partial charge in [0.25, 0.3) is 5.91 Å². The Morgan fingerprint density at radius 1 is 1.32 bits per heavy atom. The Kier molecular flexibility index (Phi) is 5.60. The molecule has 0 aromatic heterocycles. The van der Waals surface area contributed by atoms with Gasteiger partial charge in [-0.2, -0.15) is 0 Å². The van der Waals surface area contributed by atoms with Crippen LogP contribution in [-0.2, 0) is 14.4 Å². The van der Waals surface area contributed by atoms with Gasteiger partial charge in [0.15, 0.2) is 11.5 Å². The molecule has 0 fully saturated rings. The van der Waals surface area contributed by atoms with Crippen LogP contribution in [-0.4, -0.2) is 52.2 Å². The SMILES string of the molecule is COCCNC(=O)[C@@H]1CC(c2ccc(OC)c(OC)c2)=NO1. The van der Waals surface area contributed by atoms with Gasteiger partial charge < -0.3 is 24.4 Å². The third-order valence-electron chi connectivity index (χ3n) is 3.28. The number of carbonyl (C=O) groups is 1. The second-order valence-electron chi connectivity index (χ2n) is 4.69. The van der Waals surface area contributed by atoms with E-state index in [1.807, 2.05) is 12.1 Å². The molecule has 0 saturated heterocycles. The van der Waals surface area contributed by atoms with Crippen LogP contribution in [0.25, 0.3) is 0 Å². The third kappa shape index (κ3) is 3.67. The molecule has 0 aliphatic carbocycles. The summed E-state index contributed by atoms with van der Waals surface area (Å²) in [5, 5.41) is 6.73. The van der Waals surface area contributed by atoms with Crippen LogP contribution in [0.3, 0.4) is 0 Å². The number of carbonyl (C=O) groups excluding carboxylic acids is 1. The maximum Gasteiger partial charge on any atom is 0.264 e. The largest absolute Gasteiger partial charge is 0.493 e. The molecular formula is C15H20N2O5. The zero-order chi connectivity index (χ0) is 15.9. The van der Waals surface area contributed by atoms with Gasteiger partial charge >= 0.3 is 0 Å². The Labute approximate surface area is 129 Å². The van der Waals surface area contributed by atoms with E-state index in [2.05, 4.69) is 10.5 Å². The summed E-state index contributed by atoms with van der Waals surface area (Å²) in [6.07, 6.45) is -0.200. The summed E-state index contributed by atoms with van der Waals surface area (Å²) in [6, 6.07) is 5.46. The number of amides is 1. The van der Waals surface area contributed by atoms with Gasteiger partial charge in [-0.1, -0.05) is 5.16 Å². The molecule has 0 saturated carbocycles. The molecule has 0 spiro atoms. The van der Waals surface area contributed by atoms with Gasteiger partial charge in [-0.3, -0.25) is 4.79 Å². The molecule has 1 aromatic carbocycles. The molecule has 2 rings (SSSR count). The van der Waals surface area contributed by atoms with Gasteiger partial charge in [-0.15, -0.1) is 0 Å². The van der Waals surface area contributed by atoms with Crippen LogP contribution in [0.4, 0.5) is 0 Å². The summed E-state index contributed by atoms with van der Waals surface area (Å²) >= 11 is 0. The van der Waals surface area contributed by atoms with Crippen LogP contribution in [0, 0.1) is 0 Å². The first-order chi connectivity index (χ1) is 10.7. The lowest BCUT2D eigenvalue weighted by Gasteiger charge is -2.10. The maximum atomic E-state index is 11.9. The van der Waals surface area contributed by atoms with E-state index in [-0.39, 0.29) is 5.91 Å². The van der Waals surface area contributed by atoms with E-state index >= 15 is 0 Å². The van der Waals surface area contributed by atoms with Crippen molar-refractivity contribution < 1.29 is 23.8 Å². The van der Waals surface area contributed by atoms with Crippen molar-refractivity contribution in [3.63, 3.8) is 0 Å². The Bertz CT molecular complexity index is 559. The first-order valence-electron chi connectivity index (χ1n) is 6.91. The van der Waals surface area contributed by atoms with E-state index in [4.69, 9.17) is 19.0 Å². The van der Waals surface area contributed by atoms with Crippen molar-refractivity contribution in [1.29, 1.82) is 0 Å². The molecule has 1 N–H and O–H groups in total. The van der Waals surface area contributed by atoms with Gasteiger partial charge in [0.1, 0.15) is 0 Å². The predicted octanol–water partition coefficient (Wildman–Crippen LogP) is 0.959. The number of methoxy groups -OCH3 is 3. The normalized spacial score (nSPS) is 16.7. The van der Waals surface area contributed by atoms with E-state index in [1.165, 1.54) is 0 Å². The standard InChI is InChI=1S/C15H20N2O5/c1-19-7-6-16-15(18)14-9-11(17-22-14)10-4-5-12(20-2)13(8-10)21-3/h4-5,8,14H,6-7,9H2,1-3H3,(H,16,18)/t14-/m0/s1. The summed E-state index contributed by atoms with van der Waals surface area (Å²) in [4.78, 5) is 17.1.